The molecule has 0 aliphatic heterocycles. The van der Waals surface area contributed by atoms with Crippen LogP contribution in [-0.4, -0.2) is 37.2 Å². The van der Waals surface area contributed by atoms with Crippen LogP contribution in [0.15, 0.2) is 48.6 Å². The number of ether oxygens (including phenoxy) is 3. The second kappa shape index (κ2) is 39.2. The Morgan fingerprint density at radius 1 is 0.420 bits per heavy atom. The van der Waals surface area contributed by atoms with E-state index in [0.717, 1.165) is 109 Å². The van der Waals surface area contributed by atoms with E-state index in [0.29, 0.717) is 19.3 Å². The Morgan fingerprint density at radius 3 is 1.30 bits per heavy atom. The third kappa shape index (κ3) is 36.6. The van der Waals surface area contributed by atoms with Gasteiger partial charge in [-0.1, -0.05) is 153 Å². The molecule has 1 atom stereocenters. The Balaban J connectivity index is 4.34. The van der Waals surface area contributed by atoms with Crippen molar-refractivity contribution in [3.8, 4) is 0 Å². The molecule has 0 amide bonds. The van der Waals surface area contributed by atoms with Crippen molar-refractivity contribution in [3.05, 3.63) is 48.6 Å². The minimum absolute atomic E-state index is 0.0828. The maximum atomic E-state index is 12.6. The van der Waals surface area contributed by atoms with Crippen LogP contribution in [0.2, 0.25) is 0 Å². The molecule has 0 heterocycles. The zero-order valence-corrected chi connectivity index (χ0v) is 32.7. The first-order chi connectivity index (χ1) is 24.5. The van der Waals surface area contributed by atoms with Crippen LogP contribution in [0.25, 0.3) is 0 Å². The second-order valence-electron chi connectivity index (χ2n) is 13.5. The predicted octanol–water partition coefficient (Wildman–Crippen LogP) is 12.8. The molecule has 6 heteroatoms. The quantitative estimate of drug-likeness (QED) is 0.0280. The molecular weight excluding hydrogens is 624 g/mol. The highest BCUT2D eigenvalue weighted by Crippen LogP contribution is 2.12. The molecule has 0 saturated heterocycles. The molecule has 6 nitrogen and oxygen atoms in total. The largest absolute Gasteiger partial charge is 0.462 e. The summed E-state index contributed by atoms with van der Waals surface area (Å²) in [5, 5.41) is 0. The van der Waals surface area contributed by atoms with Crippen LogP contribution in [0, 0.1) is 0 Å². The number of carbonyl (C=O) groups excluding carboxylic acids is 3. The van der Waals surface area contributed by atoms with Gasteiger partial charge < -0.3 is 14.2 Å². The van der Waals surface area contributed by atoms with Gasteiger partial charge in [0.1, 0.15) is 13.2 Å². The maximum Gasteiger partial charge on any atom is 0.306 e. The summed E-state index contributed by atoms with van der Waals surface area (Å²) in [4.78, 5) is 37.4. The van der Waals surface area contributed by atoms with Gasteiger partial charge in [-0.05, 0) is 70.6 Å². The lowest BCUT2D eigenvalue weighted by atomic mass is 10.1. The molecule has 0 aliphatic rings. The molecule has 288 valence electrons. The minimum Gasteiger partial charge on any atom is -0.462 e. The molecule has 0 radical (unpaired) electrons. The van der Waals surface area contributed by atoms with Crippen molar-refractivity contribution in [2.75, 3.05) is 13.2 Å². The molecule has 0 aromatic heterocycles. The number of carbonyl (C=O) groups is 3. The van der Waals surface area contributed by atoms with Crippen molar-refractivity contribution in [3.63, 3.8) is 0 Å². The number of rotatable bonds is 36. The van der Waals surface area contributed by atoms with Gasteiger partial charge in [0.15, 0.2) is 6.10 Å². The van der Waals surface area contributed by atoms with E-state index in [4.69, 9.17) is 14.2 Å². The lowest BCUT2D eigenvalue weighted by Crippen LogP contribution is -2.30. The van der Waals surface area contributed by atoms with Gasteiger partial charge in [0.2, 0.25) is 0 Å². The topological polar surface area (TPSA) is 78.9 Å². The molecule has 0 rings (SSSR count). The van der Waals surface area contributed by atoms with Crippen molar-refractivity contribution in [1.29, 1.82) is 0 Å². The highest BCUT2D eigenvalue weighted by atomic mass is 16.6. The van der Waals surface area contributed by atoms with E-state index in [2.05, 4.69) is 69.4 Å². The molecule has 1 unspecified atom stereocenters. The number of hydrogen-bond donors (Lipinski definition) is 0. The van der Waals surface area contributed by atoms with E-state index >= 15 is 0 Å². The average Bonchev–Trinajstić information content (AvgIpc) is 3.11. The smallest absolute Gasteiger partial charge is 0.306 e. The Kier molecular flexibility index (Phi) is 37.1. The van der Waals surface area contributed by atoms with Gasteiger partial charge in [0.25, 0.3) is 0 Å². The molecule has 0 bridgehead atoms. The summed E-state index contributed by atoms with van der Waals surface area (Å²) in [7, 11) is 0. The van der Waals surface area contributed by atoms with Gasteiger partial charge in [-0.25, -0.2) is 0 Å². The molecule has 50 heavy (non-hydrogen) atoms. The van der Waals surface area contributed by atoms with Gasteiger partial charge >= 0.3 is 17.9 Å². The first-order valence-corrected chi connectivity index (χ1v) is 20.6. The fourth-order valence-corrected chi connectivity index (χ4v) is 5.43. The summed E-state index contributed by atoms with van der Waals surface area (Å²) < 4.78 is 16.5. The zero-order chi connectivity index (χ0) is 36.6. The van der Waals surface area contributed by atoms with Crippen LogP contribution in [0.4, 0.5) is 0 Å². The average molecular weight is 701 g/mol. The van der Waals surface area contributed by atoms with E-state index < -0.39 is 6.10 Å². The van der Waals surface area contributed by atoms with E-state index in [1.165, 1.54) is 44.9 Å². The number of esters is 3. The van der Waals surface area contributed by atoms with Gasteiger partial charge in [-0.3, -0.25) is 14.4 Å². The van der Waals surface area contributed by atoms with Crippen molar-refractivity contribution in [2.24, 2.45) is 0 Å². The Bertz CT molecular complexity index is 902. The van der Waals surface area contributed by atoms with Crippen molar-refractivity contribution in [1.82, 2.24) is 0 Å². The Labute approximate surface area is 307 Å². The SMILES string of the molecule is CC/C=C\C/C=C\C/C=C\CCCCCCCC(=O)OCC(COC(=O)CCCCCCCC)OC(=O)CCCCCCC/C=C\CCCC. The van der Waals surface area contributed by atoms with Crippen LogP contribution in [0.1, 0.15) is 194 Å². The fraction of sp³-hybridized carbons (Fsp3) is 0.750. The van der Waals surface area contributed by atoms with E-state index in [1.807, 2.05) is 0 Å². The van der Waals surface area contributed by atoms with E-state index in [-0.39, 0.29) is 31.1 Å². The van der Waals surface area contributed by atoms with Gasteiger partial charge in [-0.15, -0.1) is 0 Å². The summed E-state index contributed by atoms with van der Waals surface area (Å²) in [5.41, 5.74) is 0. The highest BCUT2D eigenvalue weighted by Gasteiger charge is 2.19. The van der Waals surface area contributed by atoms with Crippen LogP contribution >= 0.6 is 0 Å². The first kappa shape index (κ1) is 47.4. The summed E-state index contributed by atoms with van der Waals surface area (Å²) in [6.45, 7) is 6.38. The third-order valence-corrected chi connectivity index (χ3v) is 8.57. The van der Waals surface area contributed by atoms with Crippen LogP contribution in [-0.2, 0) is 28.6 Å². The minimum atomic E-state index is -0.777. The van der Waals surface area contributed by atoms with Gasteiger partial charge in [0.05, 0.1) is 0 Å². The van der Waals surface area contributed by atoms with Gasteiger partial charge in [-0.2, -0.15) is 0 Å². The second-order valence-corrected chi connectivity index (χ2v) is 13.5. The van der Waals surface area contributed by atoms with Crippen LogP contribution in [0.3, 0.4) is 0 Å². The summed E-state index contributed by atoms with van der Waals surface area (Å²) in [5.74, 6) is -0.926. The van der Waals surface area contributed by atoms with Crippen LogP contribution in [0.5, 0.6) is 0 Å². The Hall–Kier alpha value is -2.63. The molecule has 0 saturated carbocycles. The molecule has 0 N–H and O–H groups in total. The van der Waals surface area contributed by atoms with Crippen LogP contribution < -0.4 is 0 Å². The summed E-state index contributed by atoms with van der Waals surface area (Å²) in [6.07, 6.45) is 44.0. The standard InChI is InChI=1S/C44H76O6/c1-4-7-10-13-16-18-20-21-22-23-25-26-28-31-34-37-43(46)49-40-41(39-48-42(45)36-33-30-15-12-9-6-3)50-44(47)38-35-32-29-27-24-19-17-14-11-8-5-2/h7,10,14,16-18,21-22,41H,4-6,8-9,11-13,15,19-20,23-40H2,1-3H3/b10-7-,17-14-,18-16-,22-21-. The molecule has 0 spiro atoms. The maximum absolute atomic E-state index is 12.6. The summed E-state index contributed by atoms with van der Waals surface area (Å²) in [6, 6.07) is 0. The molecule has 0 aromatic carbocycles. The van der Waals surface area contributed by atoms with E-state index in [9.17, 15) is 14.4 Å². The predicted molar refractivity (Wildman–Crippen MR) is 210 cm³/mol. The third-order valence-electron chi connectivity index (χ3n) is 8.57. The lowest BCUT2D eigenvalue weighted by molar-refractivity contribution is -0.167. The summed E-state index contributed by atoms with van der Waals surface area (Å²) >= 11 is 0. The monoisotopic (exact) mass is 701 g/mol. The van der Waals surface area contributed by atoms with E-state index in [1.54, 1.807) is 0 Å². The molecule has 0 aliphatic carbocycles. The molecule has 0 fully saturated rings. The molecular formula is C44H76O6. The van der Waals surface area contributed by atoms with Crippen molar-refractivity contribution >= 4 is 17.9 Å². The molecule has 0 aromatic rings. The van der Waals surface area contributed by atoms with Gasteiger partial charge in [0, 0.05) is 19.3 Å². The fourth-order valence-electron chi connectivity index (χ4n) is 5.43. The Morgan fingerprint density at radius 2 is 0.800 bits per heavy atom. The first-order valence-electron chi connectivity index (χ1n) is 20.6. The lowest BCUT2D eigenvalue weighted by Gasteiger charge is -2.18. The normalized spacial score (nSPS) is 12.5. The van der Waals surface area contributed by atoms with Crippen molar-refractivity contribution < 1.29 is 28.6 Å². The highest BCUT2D eigenvalue weighted by molar-refractivity contribution is 5.71. The number of unbranched alkanes of at least 4 members (excludes halogenated alkanes) is 17. The van der Waals surface area contributed by atoms with Crippen molar-refractivity contribution in [2.45, 2.75) is 200 Å². The number of hydrogen-bond acceptors (Lipinski definition) is 6. The number of allylic oxidation sites excluding steroid dienone is 8. The zero-order valence-electron chi connectivity index (χ0n) is 32.7.